The molecule has 0 atom stereocenters. The van der Waals surface area contributed by atoms with Gasteiger partial charge in [-0.05, 0) is 124 Å². The lowest BCUT2D eigenvalue weighted by Gasteiger charge is -2.20. The first-order chi connectivity index (χ1) is 19.6. The van der Waals surface area contributed by atoms with Crippen LogP contribution in [-0.2, 0) is 6.42 Å². The lowest BCUT2D eigenvalue weighted by molar-refractivity contribution is 0.795. The van der Waals surface area contributed by atoms with Crippen LogP contribution in [0.4, 0.5) is 39.8 Å². The minimum Gasteiger partial charge on any atom is -0.372 e. The van der Waals surface area contributed by atoms with Crippen molar-refractivity contribution >= 4 is 39.8 Å². The smallest absolute Gasteiger partial charge is 0.0887 e. The zero-order valence-electron chi connectivity index (χ0n) is 23.8. The van der Waals surface area contributed by atoms with E-state index >= 15 is 0 Å². The second-order valence-corrected chi connectivity index (χ2v) is 9.55. The monoisotopic (exact) mass is 531 g/mol. The van der Waals surface area contributed by atoms with Crippen LogP contribution in [0.1, 0.15) is 44.7 Å². The summed E-state index contributed by atoms with van der Waals surface area (Å²) in [5.74, 6) is 0. The number of benzene rings is 4. The summed E-state index contributed by atoms with van der Waals surface area (Å²) in [6, 6.07) is 29.7. The average molecular weight is 532 g/mol. The molecule has 0 saturated heterocycles. The summed E-state index contributed by atoms with van der Waals surface area (Å²) < 4.78 is 0. The lowest BCUT2D eigenvalue weighted by Crippen LogP contribution is -2.21. The molecule has 0 saturated carbocycles. The molecule has 204 valence electrons. The van der Waals surface area contributed by atoms with E-state index in [1.165, 1.54) is 24.1 Å². The average Bonchev–Trinajstić information content (AvgIpc) is 3.00. The van der Waals surface area contributed by atoms with Gasteiger partial charge in [0.15, 0.2) is 0 Å². The third kappa shape index (κ3) is 8.24. The molecule has 4 rings (SSSR count). The molecule has 0 radical (unpaired) electrons. The van der Waals surface area contributed by atoms with Crippen LogP contribution in [0.5, 0.6) is 0 Å². The first-order valence-corrected chi connectivity index (χ1v) is 14.0. The Balaban J connectivity index is 1.34. The minimum atomic E-state index is 0.746. The van der Waals surface area contributed by atoms with Crippen LogP contribution in [0.2, 0.25) is 0 Å². The number of unbranched alkanes of at least 4 members (excludes halogenated alkanes) is 1. The van der Waals surface area contributed by atoms with Crippen LogP contribution in [-0.4, -0.2) is 13.1 Å². The van der Waals surface area contributed by atoms with Gasteiger partial charge in [-0.2, -0.15) is 30.7 Å². The van der Waals surface area contributed by atoms with Crippen molar-refractivity contribution < 1.29 is 0 Å². The number of azo groups is 3. The van der Waals surface area contributed by atoms with E-state index in [-0.39, 0.29) is 0 Å². The molecule has 0 aliphatic heterocycles. The minimum absolute atomic E-state index is 0.746. The first-order valence-electron chi connectivity index (χ1n) is 14.0. The zero-order valence-corrected chi connectivity index (χ0v) is 23.8. The fourth-order valence-electron chi connectivity index (χ4n) is 4.17. The Morgan fingerprint density at radius 2 is 0.975 bits per heavy atom. The maximum absolute atomic E-state index is 4.42. The molecule has 7 heteroatoms. The van der Waals surface area contributed by atoms with Crippen LogP contribution in [0.25, 0.3) is 0 Å². The predicted molar refractivity (Wildman–Crippen MR) is 165 cm³/mol. The molecule has 0 N–H and O–H groups in total. The van der Waals surface area contributed by atoms with Gasteiger partial charge in [0, 0.05) is 18.8 Å². The normalized spacial score (nSPS) is 11.7. The third-order valence-corrected chi connectivity index (χ3v) is 6.60. The fraction of sp³-hybridized carbons (Fsp3) is 0.273. The van der Waals surface area contributed by atoms with Crippen molar-refractivity contribution in [3.8, 4) is 0 Å². The van der Waals surface area contributed by atoms with Crippen molar-refractivity contribution in [2.45, 2.75) is 47.0 Å². The van der Waals surface area contributed by atoms with E-state index in [9.17, 15) is 0 Å². The van der Waals surface area contributed by atoms with Gasteiger partial charge < -0.3 is 4.90 Å². The standard InChI is InChI=1S/C33H37N7/c1-5-8-9-26-10-12-27(13-11-26)34-35-28-14-16-29(17-15-28)37-39-33-23-20-31(24-25(33)4)38-36-30-18-21-32(22-19-30)40(6-2)7-3/h10-24H,5-9H2,1-4H3. The Morgan fingerprint density at radius 1 is 0.525 bits per heavy atom. The highest BCUT2D eigenvalue weighted by Gasteiger charge is 2.02. The van der Waals surface area contributed by atoms with Crippen molar-refractivity contribution in [2.24, 2.45) is 30.7 Å². The van der Waals surface area contributed by atoms with E-state index in [1.807, 2.05) is 73.7 Å². The van der Waals surface area contributed by atoms with E-state index in [4.69, 9.17) is 0 Å². The number of rotatable bonds is 12. The predicted octanol–water partition coefficient (Wildman–Crippen LogP) is 11.4. The number of hydrogen-bond donors (Lipinski definition) is 0. The van der Waals surface area contributed by atoms with Crippen LogP contribution >= 0.6 is 0 Å². The molecular weight excluding hydrogens is 494 g/mol. The number of aryl methyl sites for hydroxylation is 2. The van der Waals surface area contributed by atoms with Gasteiger partial charge >= 0.3 is 0 Å². The van der Waals surface area contributed by atoms with Gasteiger partial charge in [-0.25, -0.2) is 0 Å². The Hall–Kier alpha value is -4.52. The van der Waals surface area contributed by atoms with Crippen LogP contribution < -0.4 is 4.90 Å². The quantitative estimate of drug-likeness (QED) is 0.167. The SMILES string of the molecule is CCCCc1ccc(N=Nc2ccc(N=Nc3ccc(N=Nc4ccc(N(CC)CC)cc4)cc3C)cc2)cc1. The Morgan fingerprint density at radius 3 is 1.48 bits per heavy atom. The molecule has 40 heavy (non-hydrogen) atoms. The molecule has 4 aromatic rings. The maximum atomic E-state index is 4.42. The molecule has 0 amide bonds. The van der Waals surface area contributed by atoms with E-state index in [0.29, 0.717) is 0 Å². The topological polar surface area (TPSA) is 77.4 Å². The summed E-state index contributed by atoms with van der Waals surface area (Å²) in [5.41, 5.74) is 8.24. The van der Waals surface area contributed by atoms with E-state index in [1.54, 1.807) is 0 Å². The molecule has 7 nitrogen and oxygen atoms in total. The molecule has 0 bridgehead atoms. The summed E-state index contributed by atoms with van der Waals surface area (Å²) in [6.07, 6.45) is 3.50. The molecule has 0 heterocycles. The lowest BCUT2D eigenvalue weighted by atomic mass is 10.1. The number of anilines is 1. The van der Waals surface area contributed by atoms with E-state index in [2.05, 4.69) is 80.6 Å². The first kappa shape index (κ1) is 28.5. The summed E-state index contributed by atoms with van der Waals surface area (Å²) in [6.45, 7) is 10.5. The highest BCUT2D eigenvalue weighted by Crippen LogP contribution is 2.29. The summed E-state index contributed by atoms with van der Waals surface area (Å²) in [7, 11) is 0. The molecule has 0 aliphatic carbocycles. The molecule has 0 aromatic heterocycles. The molecule has 0 spiro atoms. The van der Waals surface area contributed by atoms with Crippen molar-refractivity contribution in [3.05, 3.63) is 102 Å². The van der Waals surface area contributed by atoms with Gasteiger partial charge in [0.25, 0.3) is 0 Å². The van der Waals surface area contributed by atoms with E-state index < -0.39 is 0 Å². The molecule has 0 unspecified atom stereocenters. The summed E-state index contributed by atoms with van der Waals surface area (Å²) in [5, 5.41) is 26.3. The fourth-order valence-corrected chi connectivity index (χ4v) is 4.17. The van der Waals surface area contributed by atoms with Gasteiger partial charge in [-0.15, -0.1) is 0 Å². The van der Waals surface area contributed by atoms with Crippen molar-refractivity contribution in [1.29, 1.82) is 0 Å². The van der Waals surface area contributed by atoms with Crippen molar-refractivity contribution in [2.75, 3.05) is 18.0 Å². The second kappa shape index (κ2) is 14.6. The molecule has 0 fully saturated rings. The highest BCUT2D eigenvalue weighted by molar-refractivity contribution is 5.55. The second-order valence-electron chi connectivity index (χ2n) is 9.55. The van der Waals surface area contributed by atoms with Gasteiger partial charge in [-0.3, -0.25) is 0 Å². The zero-order chi connectivity index (χ0) is 28.2. The molecule has 4 aromatic carbocycles. The molecular formula is C33H37N7. The number of nitrogens with zero attached hydrogens (tertiary/aromatic N) is 7. The highest BCUT2D eigenvalue weighted by atomic mass is 15.1. The van der Waals surface area contributed by atoms with Gasteiger partial charge in [0.05, 0.1) is 34.1 Å². The largest absolute Gasteiger partial charge is 0.372 e. The maximum Gasteiger partial charge on any atom is 0.0887 e. The summed E-state index contributed by atoms with van der Waals surface area (Å²) >= 11 is 0. The van der Waals surface area contributed by atoms with Crippen LogP contribution in [0.3, 0.4) is 0 Å². The Kier molecular flexibility index (Phi) is 10.4. The Bertz CT molecular complexity index is 1430. The van der Waals surface area contributed by atoms with Crippen LogP contribution in [0, 0.1) is 6.92 Å². The van der Waals surface area contributed by atoms with Crippen molar-refractivity contribution in [1.82, 2.24) is 0 Å². The van der Waals surface area contributed by atoms with E-state index in [0.717, 1.165) is 59.2 Å². The van der Waals surface area contributed by atoms with Gasteiger partial charge in [-0.1, -0.05) is 25.5 Å². The summed E-state index contributed by atoms with van der Waals surface area (Å²) in [4.78, 5) is 2.30. The molecule has 0 aliphatic rings. The van der Waals surface area contributed by atoms with Gasteiger partial charge in [0.1, 0.15) is 0 Å². The number of hydrogen-bond acceptors (Lipinski definition) is 7. The third-order valence-electron chi connectivity index (χ3n) is 6.60. The van der Waals surface area contributed by atoms with Gasteiger partial charge in [0.2, 0.25) is 0 Å². The Labute approximate surface area is 237 Å². The van der Waals surface area contributed by atoms with Crippen LogP contribution in [0.15, 0.2) is 122 Å². The van der Waals surface area contributed by atoms with Crippen molar-refractivity contribution in [3.63, 3.8) is 0 Å².